The van der Waals surface area contributed by atoms with Gasteiger partial charge in [0.25, 0.3) is 4.82 Å². The van der Waals surface area contributed by atoms with Crippen molar-refractivity contribution in [1.29, 1.82) is 0 Å². The Balaban J connectivity index is 2.90. The predicted octanol–water partition coefficient (Wildman–Crippen LogP) is 3.00. The van der Waals surface area contributed by atoms with Crippen LogP contribution < -0.4 is 9.47 Å². The van der Waals surface area contributed by atoms with Crippen LogP contribution in [0, 0.1) is 6.92 Å². The second-order valence-corrected chi connectivity index (χ2v) is 4.73. The minimum Gasteiger partial charge on any atom is -0.497 e. The monoisotopic (exact) mass is 315 g/mol. The summed E-state index contributed by atoms with van der Waals surface area (Å²) in [6.45, 7) is 2.64. The minimum absolute atomic E-state index is 0.118. The zero-order valence-corrected chi connectivity index (χ0v) is 12.7. The van der Waals surface area contributed by atoms with Crippen LogP contribution in [0.1, 0.15) is 11.1 Å². The van der Waals surface area contributed by atoms with Crippen LogP contribution in [-0.4, -0.2) is 37.5 Å². The van der Waals surface area contributed by atoms with E-state index in [9.17, 15) is 4.79 Å². The summed E-state index contributed by atoms with van der Waals surface area (Å²) in [5, 5.41) is 0. The number of likely N-dealkylation sites (N-methyl/N-ethyl adjacent to an activating group) is 1. The lowest BCUT2D eigenvalue weighted by Crippen LogP contribution is -2.23. The number of ether oxygens (including phenoxy) is 2. The number of carbonyl (C=O) groups excluding carboxylic acids is 1. The van der Waals surface area contributed by atoms with E-state index >= 15 is 0 Å². The lowest BCUT2D eigenvalue weighted by atomic mass is 10.0. The molecular formula is C13H18BrNO3. The zero-order chi connectivity index (χ0) is 13.7. The maximum atomic E-state index is 11.1. The number of rotatable bonds is 5. The van der Waals surface area contributed by atoms with Gasteiger partial charge in [-0.1, -0.05) is 0 Å². The molecule has 0 bridgehead atoms. The molecule has 0 fully saturated rings. The van der Waals surface area contributed by atoms with Gasteiger partial charge in [0.05, 0.1) is 14.2 Å². The third-order valence-corrected chi connectivity index (χ3v) is 3.46. The van der Waals surface area contributed by atoms with Crippen LogP contribution in [-0.2, 0) is 6.42 Å². The predicted molar refractivity (Wildman–Crippen MR) is 74.9 cm³/mol. The van der Waals surface area contributed by atoms with E-state index in [-0.39, 0.29) is 4.82 Å². The SMILES string of the molecule is COc1cc(C)c(CCN(C)C(=O)Br)c(OC)c1. The number of nitrogens with zero attached hydrogens (tertiary/aromatic N) is 1. The summed E-state index contributed by atoms with van der Waals surface area (Å²) in [7, 11) is 5.02. The molecule has 0 N–H and O–H groups in total. The quantitative estimate of drug-likeness (QED) is 0.619. The van der Waals surface area contributed by atoms with Gasteiger partial charge in [0.2, 0.25) is 0 Å². The van der Waals surface area contributed by atoms with Gasteiger partial charge in [0, 0.05) is 35.6 Å². The molecule has 0 unspecified atom stereocenters. The molecule has 5 heteroatoms. The van der Waals surface area contributed by atoms with Crippen molar-refractivity contribution < 1.29 is 14.3 Å². The molecule has 0 heterocycles. The van der Waals surface area contributed by atoms with Crippen LogP contribution in [0.3, 0.4) is 0 Å². The number of methoxy groups -OCH3 is 2. The van der Waals surface area contributed by atoms with Gasteiger partial charge in [0.15, 0.2) is 0 Å². The standard InChI is InChI=1S/C13H18BrNO3/c1-9-7-10(17-3)8-12(18-4)11(9)5-6-15(2)13(14)16/h7-8H,5-6H2,1-4H3. The smallest absolute Gasteiger partial charge is 0.289 e. The molecule has 0 aliphatic carbocycles. The normalized spacial score (nSPS) is 10.1. The van der Waals surface area contributed by atoms with Crippen molar-refractivity contribution in [2.24, 2.45) is 0 Å². The highest BCUT2D eigenvalue weighted by molar-refractivity contribution is 9.18. The number of hydrogen-bond acceptors (Lipinski definition) is 3. The third-order valence-electron chi connectivity index (χ3n) is 2.86. The second-order valence-electron chi connectivity index (χ2n) is 4.05. The van der Waals surface area contributed by atoms with Crippen LogP contribution in [0.25, 0.3) is 0 Å². The van der Waals surface area contributed by atoms with E-state index in [1.807, 2.05) is 19.1 Å². The molecule has 18 heavy (non-hydrogen) atoms. The molecule has 1 rings (SSSR count). The molecule has 100 valence electrons. The van der Waals surface area contributed by atoms with Crippen molar-refractivity contribution in [3.8, 4) is 11.5 Å². The van der Waals surface area contributed by atoms with Gasteiger partial charge in [-0.15, -0.1) is 0 Å². The Morgan fingerprint density at radius 3 is 2.50 bits per heavy atom. The lowest BCUT2D eigenvalue weighted by molar-refractivity contribution is 0.235. The molecule has 0 saturated heterocycles. The summed E-state index contributed by atoms with van der Waals surface area (Å²) in [5.74, 6) is 1.57. The van der Waals surface area contributed by atoms with Crippen molar-refractivity contribution in [1.82, 2.24) is 4.90 Å². The largest absolute Gasteiger partial charge is 0.497 e. The fourth-order valence-corrected chi connectivity index (χ4v) is 1.92. The number of benzene rings is 1. The van der Waals surface area contributed by atoms with E-state index in [1.165, 1.54) is 0 Å². The van der Waals surface area contributed by atoms with Gasteiger partial charge >= 0.3 is 0 Å². The van der Waals surface area contributed by atoms with Gasteiger partial charge in [-0.05, 0) is 30.5 Å². The summed E-state index contributed by atoms with van der Waals surface area (Å²) >= 11 is 2.93. The summed E-state index contributed by atoms with van der Waals surface area (Å²) in [6.07, 6.45) is 0.743. The van der Waals surface area contributed by atoms with Gasteiger partial charge in [-0.3, -0.25) is 4.79 Å². The van der Waals surface area contributed by atoms with Crippen LogP contribution in [0.4, 0.5) is 4.79 Å². The Morgan fingerprint density at radius 1 is 1.33 bits per heavy atom. The molecule has 0 spiro atoms. The number of carbonyl (C=O) groups is 1. The Labute approximate surface area is 116 Å². The Kier molecular flexibility index (Phi) is 5.47. The molecule has 0 atom stereocenters. The van der Waals surface area contributed by atoms with Crippen LogP contribution >= 0.6 is 15.9 Å². The lowest BCUT2D eigenvalue weighted by Gasteiger charge is -2.17. The molecule has 0 aromatic heterocycles. The van der Waals surface area contributed by atoms with E-state index in [0.29, 0.717) is 6.54 Å². The molecule has 1 amide bonds. The first-order chi connectivity index (χ1) is 8.49. The van der Waals surface area contributed by atoms with Gasteiger partial charge in [-0.2, -0.15) is 0 Å². The number of aryl methyl sites for hydroxylation is 1. The van der Waals surface area contributed by atoms with E-state index in [4.69, 9.17) is 9.47 Å². The second kappa shape index (κ2) is 6.64. The summed E-state index contributed by atoms with van der Waals surface area (Å²) in [5.41, 5.74) is 2.19. The van der Waals surface area contributed by atoms with E-state index in [2.05, 4.69) is 15.9 Å². The van der Waals surface area contributed by atoms with Crippen molar-refractivity contribution in [2.45, 2.75) is 13.3 Å². The summed E-state index contributed by atoms with van der Waals surface area (Å²) < 4.78 is 10.6. The van der Waals surface area contributed by atoms with Crippen LogP contribution in [0.2, 0.25) is 0 Å². The molecule has 4 nitrogen and oxygen atoms in total. The first kappa shape index (κ1) is 14.8. The van der Waals surface area contributed by atoms with Gasteiger partial charge < -0.3 is 14.4 Å². The number of hydrogen-bond donors (Lipinski definition) is 0. The maximum Gasteiger partial charge on any atom is 0.289 e. The highest BCUT2D eigenvalue weighted by atomic mass is 79.9. The molecule has 1 aromatic rings. The average Bonchev–Trinajstić information content (AvgIpc) is 2.35. The van der Waals surface area contributed by atoms with E-state index < -0.39 is 0 Å². The van der Waals surface area contributed by atoms with Crippen molar-refractivity contribution in [3.05, 3.63) is 23.3 Å². The first-order valence-electron chi connectivity index (χ1n) is 5.61. The number of amides is 1. The van der Waals surface area contributed by atoms with E-state index in [1.54, 1.807) is 26.2 Å². The zero-order valence-electron chi connectivity index (χ0n) is 11.1. The fourth-order valence-electron chi connectivity index (χ4n) is 1.74. The van der Waals surface area contributed by atoms with Crippen molar-refractivity contribution >= 4 is 20.7 Å². The van der Waals surface area contributed by atoms with Gasteiger partial charge in [0.1, 0.15) is 11.5 Å². The maximum absolute atomic E-state index is 11.1. The first-order valence-corrected chi connectivity index (χ1v) is 6.41. The third kappa shape index (κ3) is 3.63. The molecule has 0 radical (unpaired) electrons. The highest BCUT2D eigenvalue weighted by Crippen LogP contribution is 2.28. The Hall–Kier alpha value is -1.23. The minimum atomic E-state index is -0.118. The number of halogens is 1. The fraction of sp³-hybridized carbons (Fsp3) is 0.462. The molecule has 0 saturated carbocycles. The molecule has 0 aliphatic heterocycles. The van der Waals surface area contributed by atoms with Crippen LogP contribution in [0.5, 0.6) is 11.5 Å². The highest BCUT2D eigenvalue weighted by Gasteiger charge is 2.11. The topological polar surface area (TPSA) is 38.8 Å². The van der Waals surface area contributed by atoms with Gasteiger partial charge in [-0.25, -0.2) is 0 Å². The Morgan fingerprint density at radius 2 is 2.00 bits per heavy atom. The molecular weight excluding hydrogens is 298 g/mol. The average molecular weight is 316 g/mol. The van der Waals surface area contributed by atoms with Crippen molar-refractivity contribution in [3.63, 3.8) is 0 Å². The van der Waals surface area contributed by atoms with Crippen molar-refractivity contribution in [2.75, 3.05) is 27.8 Å². The van der Waals surface area contributed by atoms with Crippen LogP contribution in [0.15, 0.2) is 12.1 Å². The van der Waals surface area contributed by atoms with E-state index in [0.717, 1.165) is 29.0 Å². The summed E-state index contributed by atoms with van der Waals surface area (Å²) in [6, 6.07) is 3.83. The molecule has 1 aromatic carbocycles. The molecule has 0 aliphatic rings. The Bertz CT molecular complexity index is 434. The summed E-state index contributed by atoms with van der Waals surface area (Å²) in [4.78, 5) is 12.6.